The molecule has 3 fully saturated rings. The highest BCUT2D eigenvalue weighted by Gasteiger charge is 2.35. The molecule has 0 unspecified atom stereocenters. The van der Waals surface area contributed by atoms with Crippen LogP contribution in [0.1, 0.15) is 25.7 Å². The van der Waals surface area contributed by atoms with E-state index in [1.165, 1.54) is 25.7 Å². The summed E-state index contributed by atoms with van der Waals surface area (Å²) in [7, 11) is 0. The number of piperidine rings is 2. The standard InChI is InChI=1S/C10H17NOS/c1-13-7-10(12)11-6-8-2-4-9(11)5-3-8/h8-9H,2-7H2,1H3. The lowest BCUT2D eigenvalue weighted by Gasteiger charge is -2.45. The van der Waals surface area contributed by atoms with Crippen molar-refractivity contribution in [3.63, 3.8) is 0 Å². The van der Waals surface area contributed by atoms with Crippen LogP contribution in [0.2, 0.25) is 0 Å². The number of amides is 1. The van der Waals surface area contributed by atoms with Gasteiger partial charge in [0, 0.05) is 12.6 Å². The summed E-state index contributed by atoms with van der Waals surface area (Å²) >= 11 is 1.64. The zero-order chi connectivity index (χ0) is 9.26. The maximum atomic E-state index is 11.7. The van der Waals surface area contributed by atoms with Crippen molar-refractivity contribution in [1.29, 1.82) is 0 Å². The molecule has 0 spiro atoms. The average Bonchev–Trinajstić information content (AvgIpc) is 2.20. The van der Waals surface area contributed by atoms with Crippen LogP contribution in [-0.2, 0) is 4.79 Å². The minimum Gasteiger partial charge on any atom is -0.339 e. The molecular weight excluding hydrogens is 182 g/mol. The Morgan fingerprint density at radius 1 is 1.38 bits per heavy atom. The van der Waals surface area contributed by atoms with Crippen molar-refractivity contribution in [3.05, 3.63) is 0 Å². The second-order valence-electron chi connectivity index (χ2n) is 4.15. The normalized spacial score (nSPS) is 32.2. The maximum absolute atomic E-state index is 11.7. The van der Waals surface area contributed by atoms with Crippen molar-refractivity contribution in [1.82, 2.24) is 4.90 Å². The molecule has 13 heavy (non-hydrogen) atoms. The third-order valence-electron chi connectivity index (χ3n) is 3.30. The molecule has 2 saturated heterocycles. The van der Waals surface area contributed by atoms with E-state index in [0.717, 1.165) is 12.5 Å². The lowest BCUT2D eigenvalue weighted by Crippen LogP contribution is -2.51. The molecule has 0 radical (unpaired) electrons. The Kier molecular flexibility index (Phi) is 2.82. The highest BCUT2D eigenvalue weighted by molar-refractivity contribution is 7.99. The molecule has 0 aromatic rings. The Morgan fingerprint density at radius 3 is 2.54 bits per heavy atom. The van der Waals surface area contributed by atoms with Gasteiger partial charge in [0.25, 0.3) is 0 Å². The van der Waals surface area contributed by atoms with Gasteiger partial charge in [-0.3, -0.25) is 4.79 Å². The second kappa shape index (κ2) is 3.91. The third-order valence-corrected chi connectivity index (χ3v) is 3.84. The van der Waals surface area contributed by atoms with Crippen molar-refractivity contribution >= 4 is 17.7 Å². The van der Waals surface area contributed by atoms with Crippen LogP contribution in [0.25, 0.3) is 0 Å². The predicted molar refractivity (Wildman–Crippen MR) is 55.8 cm³/mol. The molecule has 1 amide bonds. The first-order chi connectivity index (χ1) is 6.31. The summed E-state index contributed by atoms with van der Waals surface area (Å²) in [4.78, 5) is 13.8. The van der Waals surface area contributed by atoms with Crippen LogP contribution in [0.3, 0.4) is 0 Å². The van der Waals surface area contributed by atoms with Crippen LogP contribution in [0.5, 0.6) is 0 Å². The molecule has 74 valence electrons. The Bertz CT molecular complexity index is 199. The quantitative estimate of drug-likeness (QED) is 0.675. The molecule has 0 aromatic heterocycles. The summed E-state index contributed by atoms with van der Waals surface area (Å²) in [6, 6.07) is 0.588. The number of thioether (sulfide) groups is 1. The van der Waals surface area contributed by atoms with Crippen LogP contribution in [0.15, 0.2) is 0 Å². The zero-order valence-electron chi connectivity index (χ0n) is 8.16. The van der Waals surface area contributed by atoms with Gasteiger partial charge >= 0.3 is 0 Å². The first kappa shape index (κ1) is 9.38. The molecule has 1 aliphatic carbocycles. The second-order valence-corrected chi connectivity index (χ2v) is 5.02. The fourth-order valence-corrected chi connectivity index (χ4v) is 2.99. The van der Waals surface area contributed by atoms with Crippen LogP contribution < -0.4 is 0 Å². The maximum Gasteiger partial charge on any atom is 0.232 e. The fourth-order valence-electron chi connectivity index (χ4n) is 2.58. The number of hydrogen-bond donors (Lipinski definition) is 0. The third kappa shape index (κ3) is 1.85. The molecule has 0 aromatic carbocycles. The molecule has 0 N–H and O–H groups in total. The number of fused-ring (bicyclic) bond motifs is 3. The van der Waals surface area contributed by atoms with E-state index < -0.39 is 0 Å². The molecule has 2 aliphatic heterocycles. The van der Waals surface area contributed by atoms with E-state index in [1.807, 2.05) is 6.26 Å². The lowest BCUT2D eigenvalue weighted by molar-refractivity contribution is -0.135. The van der Waals surface area contributed by atoms with Crippen LogP contribution in [0, 0.1) is 5.92 Å². The van der Waals surface area contributed by atoms with E-state index in [4.69, 9.17) is 0 Å². The van der Waals surface area contributed by atoms with E-state index in [-0.39, 0.29) is 0 Å². The molecule has 2 heterocycles. The van der Waals surface area contributed by atoms with Gasteiger partial charge in [-0.2, -0.15) is 11.8 Å². The zero-order valence-corrected chi connectivity index (χ0v) is 8.98. The van der Waals surface area contributed by atoms with E-state index in [2.05, 4.69) is 4.90 Å². The highest BCUT2D eigenvalue weighted by Crippen LogP contribution is 2.34. The van der Waals surface area contributed by atoms with Crippen molar-refractivity contribution < 1.29 is 4.79 Å². The summed E-state index contributed by atoms with van der Waals surface area (Å²) in [6.45, 7) is 1.05. The van der Waals surface area contributed by atoms with Crippen LogP contribution in [0.4, 0.5) is 0 Å². The molecule has 3 rings (SSSR count). The van der Waals surface area contributed by atoms with Gasteiger partial charge in [-0.05, 0) is 37.9 Å². The first-order valence-electron chi connectivity index (χ1n) is 5.09. The minimum absolute atomic E-state index is 0.363. The predicted octanol–water partition coefficient (Wildman–Crippen LogP) is 1.75. The molecule has 1 saturated carbocycles. The van der Waals surface area contributed by atoms with E-state index in [9.17, 15) is 4.79 Å². The number of nitrogens with zero attached hydrogens (tertiary/aromatic N) is 1. The van der Waals surface area contributed by atoms with Crippen molar-refractivity contribution in [2.75, 3.05) is 18.6 Å². The SMILES string of the molecule is CSCC(=O)N1CC2CCC1CC2. The van der Waals surface area contributed by atoms with Crippen LogP contribution >= 0.6 is 11.8 Å². The van der Waals surface area contributed by atoms with Gasteiger partial charge in [0.15, 0.2) is 0 Å². The van der Waals surface area contributed by atoms with Gasteiger partial charge in [-0.1, -0.05) is 0 Å². The number of hydrogen-bond acceptors (Lipinski definition) is 2. The largest absolute Gasteiger partial charge is 0.339 e. The number of carbonyl (C=O) groups excluding carboxylic acids is 1. The van der Waals surface area contributed by atoms with Gasteiger partial charge in [-0.15, -0.1) is 0 Å². The molecule has 0 atom stereocenters. The van der Waals surface area contributed by atoms with Crippen molar-refractivity contribution in [2.45, 2.75) is 31.7 Å². The fraction of sp³-hybridized carbons (Fsp3) is 0.900. The van der Waals surface area contributed by atoms with E-state index >= 15 is 0 Å². The Balaban J connectivity index is 1.96. The summed E-state index contributed by atoms with van der Waals surface area (Å²) in [5.41, 5.74) is 0. The monoisotopic (exact) mass is 199 g/mol. The average molecular weight is 199 g/mol. The Labute approximate surface area is 84.1 Å². The summed E-state index contributed by atoms with van der Waals surface area (Å²) < 4.78 is 0. The van der Waals surface area contributed by atoms with E-state index in [1.54, 1.807) is 11.8 Å². The molecular formula is C10H17NOS. The van der Waals surface area contributed by atoms with Gasteiger partial charge in [0.1, 0.15) is 0 Å². The van der Waals surface area contributed by atoms with Gasteiger partial charge in [0.2, 0.25) is 5.91 Å². The first-order valence-corrected chi connectivity index (χ1v) is 6.49. The summed E-state index contributed by atoms with van der Waals surface area (Å²) in [5.74, 6) is 1.85. The van der Waals surface area contributed by atoms with Crippen molar-refractivity contribution in [3.8, 4) is 0 Å². The number of rotatable bonds is 2. The summed E-state index contributed by atoms with van der Waals surface area (Å²) in [5, 5.41) is 0. The molecule has 2 bridgehead atoms. The van der Waals surface area contributed by atoms with Crippen LogP contribution in [-0.4, -0.2) is 35.4 Å². The lowest BCUT2D eigenvalue weighted by atomic mass is 9.80. The Hall–Kier alpha value is -0.180. The summed E-state index contributed by atoms with van der Waals surface area (Å²) in [6.07, 6.45) is 7.22. The molecule has 3 heteroatoms. The van der Waals surface area contributed by atoms with Gasteiger partial charge < -0.3 is 4.90 Å². The highest BCUT2D eigenvalue weighted by atomic mass is 32.2. The van der Waals surface area contributed by atoms with Crippen molar-refractivity contribution in [2.24, 2.45) is 5.92 Å². The topological polar surface area (TPSA) is 20.3 Å². The Morgan fingerprint density at radius 2 is 2.08 bits per heavy atom. The molecule has 3 aliphatic rings. The van der Waals surface area contributed by atoms with E-state index in [0.29, 0.717) is 17.7 Å². The number of carbonyl (C=O) groups is 1. The smallest absolute Gasteiger partial charge is 0.232 e. The van der Waals surface area contributed by atoms with Gasteiger partial charge in [-0.25, -0.2) is 0 Å². The minimum atomic E-state index is 0.363. The van der Waals surface area contributed by atoms with Gasteiger partial charge in [0.05, 0.1) is 5.75 Å². The molecule has 2 nitrogen and oxygen atoms in total.